The van der Waals surface area contributed by atoms with Gasteiger partial charge in [-0.15, -0.1) is 11.8 Å². The molecule has 1 aromatic carbocycles. The van der Waals surface area contributed by atoms with Crippen LogP contribution in [-0.2, 0) is 9.53 Å². The van der Waals surface area contributed by atoms with Gasteiger partial charge in [0.1, 0.15) is 5.25 Å². The summed E-state index contributed by atoms with van der Waals surface area (Å²) >= 11 is 1.44. The molecule has 4 heteroatoms. The Morgan fingerprint density at radius 2 is 2.25 bits per heavy atom. The summed E-state index contributed by atoms with van der Waals surface area (Å²) in [4.78, 5) is 11.7. The summed E-state index contributed by atoms with van der Waals surface area (Å²) in [6.45, 7) is 4.17. The van der Waals surface area contributed by atoms with Gasteiger partial charge in [-0.2, -0.15) is 0 Å². The highest BCUT2D eigenvalue weighted by Crippen LogP contribution is 2.32. The lowest BCUT2D eigenvalue weighted by atomic mass is 10.1. The third-order valence-electron chi connectivity index (χ3n) is 2.26. The van der Waals surface area contributed by atoms with Crippen LogP contribution < -0.4 is 5.73 Å². The summed E-state index contributed by atoms with van der Waals surface area (Å²) in [6, 6.07) is 5.70. The maximum absolute atomic E-state index is 11.7. The van der Waals surface area contributed by atoms with Crippen molar-refractivity contribution in [3.8, 4) is 0 Å². The quantitative estimate of drug-likeness (QED) is 0.648. The highest BCUT2D eigenvalue weighted by molar-refractivity contribution is 7.99. The molecule has 0 aliphatic rings. The number of nitrogen functional groups attached to an aromatic ring is 1. The summed E-state index contributed by atoms with van der Waals surface area (Å²) in [6.07, 6.45) is 1.88. The molecule has 0 amide bonds. The Kier molecular flexibility index (Phi) is 4.68. The zero-order chi connectivity index (χ0) is 12.1. The molecule has 0 radical (unpaired) electrons. The van der Waals surface area contributed by atoms with Crippen molar-refractivity contribution in [2.45, 2.75) is 19.1 Å². The van der Waals surface area contributed by atoms with Gasteiger partial charge in [0.2, 0.25) is 0 Å². The van der Waals surface area contributed by atoms with E-state index in [0.717, 1.165) is 11.1 Å². The standard InChI is InChI=1S/C12H17NO2S/c1-4-15-12(14)11(16-3)9-7-8(2)5-6-10(9)13/h5-7,11H,4,13H2,1-3H3. The minimum atomic E-state index is -0.333. The van der Waals surface area contributed by atoms with Crippen LogP contribution in [0.4, 0.5) is 5.69 Å². The molecule has 1 atom stereocenters. The molecule has 0 saturated carbocycles. The van der Waals surface area contributed by atoms with Crippen molar-refractivity contribution in [1.82, 2.24) is 0 Å². The average molecular weight is 239 g/mol. The van der Waals surface area contributed by atoms with Crippen LogP contribution in [0, 0.1) is 6.92 Å². The number of carbonyl (C=O) groups excluding carboxylic acids is 1. The van der Waals surface area contributed by atoms with Crippen molar-refractivity contribution in [2.24, 2.45) is 0 Å². The van der Waals surface area contributed by atoms with Crippen LogP contribution in [0.15, 0.2) is 18.2 Å². The Morgan fingerprint density at radius 3 is 2.81 bits per heavy atom. The van der Waals surface area contributed by atoms with Crippen molar-refractivity contribution >= 4 is 23.4 Å². The first kappa shape index (κ1) is 12.9. The molecular formula is C12H17NO2S. The van der Waals surface area contributed by atoms with Crippen LogP contribution >= 0.6 is 11.8 Å². The zero-order valence-electron chi connectivity index (χ0n) is 9.82. The van der Waals surface area contributed by atoms with E-state index in [4.69, 9.17) is 10.5 Å². The minimum Gasteiger partial charge on any atom is -0.465 e. The maximum atomic E-state index is 11.7. The molecule has 0 aromatic heterocycles. The highest BCUT2D eigenvalue weighted by Gasteiger charge is 2.22. The van der Waals surface area contributed by atoms with E-state index in [9.17, 15) is 4.79 Å². The number of thioether (sulfide) groups is 1. The Balaban J connectivity index is 3.03. The fourth-order valence-corrected chi connectivity index (χ4v) is 2.21. The second-order valence-corrected chi connectivity index (χ2v) is 4.44. The van der Waals surface area contributed by atoms with E-state index >= 15 is 0 Å². The van der Waals surface area contributed by atoms with Gasteiger partial charge in [0, 0.05) is 5.69 Å². The second kappa shape index (κ2) is 5.80. The van der Waals surface area contributed by atoms with Gasteiger partial charge in [0.25, 0.3) is 0 Å². The molecule has 0 bridgehead atoms. The Bertz CT molecular complexity index is 379. The minimum absolute atomic E-state index is 0.229. The number of hydrogen-bond acceptors (Lipinski definition) is 4. The van der Waals surface area contributed by atoms with Crippen molar-refractivity contribution in [3.63, 3.8) is 0 Å². The van der Waals surface area contributed by atoms with Crippen LogP contribution in [-0.4, -0.2) is 18.8 Å². The number of aryl methyl sites for hydroxylation is 1. The number of carbonyl (C=O) groups is 1. The third kappa shape index (κ3) is 2.92. The van der Waals surface area contributed by atoms with Gasteiger partial charge < -0.3 is 10.5 Å². The van der Waals surface area contributed by atoms with E-state index in [-0.39, 0.29) is 11.2 Å². The molecule has 3 nitrogen and oxygen atoms in total. The lowest BCUT2D eigenvalue weighted by molar-refractivity contribution is -0.142. The van der Waals surface area contributed by atoms with E-state index < -0.39 is 0 Å². The number of esters is 1. The van der Waals surface area contributed by atoms with Gasteiger partial charge in [0.15, 0.2) is 0 Å². The third-order valence-corrected chi connectivity index (χ3v) is 3.18. The number of rotatable bonds is 4. The molecule has 0 fully saturated rings. The SMILES string of the molecule is CCOC(=O)C(SC)c1cc(C)ccc1N. The monoisotopic (exact) mass is 239 g/mol. The first-order chi connectivity index (χ1) is 7.60. The number of nitrogens with two attached hydrogens (primary N) is 1. The summed E-state index contributed by atoms with van der Waals surface area (Å²) in [7, 11) is 0. The van der Waals surface area contributed by atoms with Gasteiger partial charge in [-0.1, -0.05) is 17.7 Å². The molecule has 1 unspecified atom stereocenters. The Labute approximate surface area is 100 Å². The van der Waals surface area contributed by atoms with E-state index in [1.54, 1.807) is 6.92 Å². The zero-order valence-corrected chi connectivity index (χ0v) is 10.6. The topological polar surface area (TPSA) is 52.3 Å². The number of anilines is 1. The number of ether oxygens (including phenoxy) is 1. The molecule has 1 rings (SSSR count). The van der Waals surface area contributed by atoms with Crippen LogP contribution in [0.25, 0.3) is 0 Å². The molecule has 16 heavy (non-hydrogen) atoms. The fourth-order valence-electron chi connectivity index (χ4n) is 1.49. The van der Waals surface area contributed by atoms with E-state index in [0.29, 0.717) is 12.3 Å². The molecule has 0 aliphatic carbocycles. The van der Waals surface area contributed by atoms with E-state index in [1.807, 2.05) is 31.4 Å². The van der Waals surface area contributed by atoms with Gasteiger partial charge in [0.05, 0.1) is 6.61 Å². The van der Waals surface area contributed by atoms with E-state index in [2.05, 4.69) is 0 Å². The molecule has 0 aliphatic heterocycles. The van der Waals surface area contributed by atoms with Gasteiger partial charge >= 0.3 is 5.97 Å². The normalized spacial score (nSPS) is 12.2. The summed E-state index contributed by atoms with van der Waals surface area (Å²) in [5.41, 5.74) is 8.44. The number of benzene rings is 1. The first-order valence-corrected chi connectivity index (χ1v) is 6.44. The van der Waals surface area contributed by atoms with Gasteiger partial charge in [-0.25, -0.2) is 0 Å². The maximum Gasteiger partial charge on any atom is 0.323 e. The molecule has 0 saturated heterocycles. The fraction of sp³-hybridized carbons (Fsp3) is 0.417. The predicted octanol–water partition coefficient (Wildman–Crippen LogP) is 2.54. The molecular weight excluding hydrogens is 222 g/mol. The van der Waals surface area contributed by atoms with Crippen LogP contribution in [0.5, 0.6) is 0 Å². The summed E-state index contributed by atoms with van der Waals surface area (Å²) in [5.74, 6) is -0.229. The predicted molar refractivity (Wildman–Crippen MR) is 68.5 cm³/mol. The van der Waals surface area contributed by atoms with Crippen LogP contribution in [0.2, 0.25) is 0 Å². The number of hydrogen-bond donors (Lipinski definition) is 1. The smallest absolute Gasteiger partial charge is 0.323 e. The van der Waals surface area contributed by atoms with Gasteiger partial charge in [-0.05, 0) is 31.7 Å². The lowest BCUT2D eigenvalue weighted by Crippen LogP contribution is -2.14. The molecule has 1 aromatic rings. The summed E-state index contributed by atoms with van der Waals surface area (Å²) in [5, 5.41) is -0.333. The second-order valence-electron chi connectivity index (χ2n) is 3.50. The van der Waals surface area contributed by atoms with Crippen LogP contribution in [0.3, 0.4) is 0 Å². The molecule has 0 spiro atoms. The largest absolute Gasteiger partial charge is 0.465 e. The Morgan fingerprint density at radius 1 is 1.56 bits per heavy atom. The van der Waals surface area contributed by atoms with Crippen LogP contribution in [0.1, 0.15) is 23.3 Å². The summed E-state index contributed by atoms with van der Waals surface area (Å²) < 4.78 is 5.03. The van der Waals surface area contributed by atoms with Crippen molar-refractivity contribution in [3.05, 3.63) is 29.3 Å². The highest BCUT2D eigenvalue weighted by atomic mass is 32.2. The lowest BCUT2D eigenvalue weighted by Gasteiger charge is -2.16. The Hall–Kier alpha value is -1.16. The average Bonchev–Trinajstić information content (AvgIpc) is 2.24. The first-order valence-electron chi connectivity index (χ1n) is 5.15. The van der Waals surface area contributed by atoms with E-state index in [1.165, 1.54) is 11.8 Å². The molecule has 88 valence electrons. The van der Waals surface area contributed by atoms with Crippen molar-refractivity contribution in [2.75, 3.05) is 18.6 Å². The van der Waals surface area contributed by atoms with Crippen molar-refractivity contribution in [1.29, 1.82) is 0 Å². The molecule has 2 N–H and O–H groups in total. The van der Waals surface area contributed by atoms with Crippen molar-refractivity contribution < 1.29 is 9.53 Å². The molecule has 0 heterocycles. The van der Waals surface area contributed by atoms with Gasteiger partial charge in [-0.3, -0.25) is 4.79 Å².